The SMILES string of the molecule is CCc1cccc(NC(=O)CC(C)(C)C)c1. The third-order valence-electron chi connectivity index (χ3n) is 2.31. The number of nitrogens with one attached hydrogen (secondary N) is 1. The van der Waals surface area contributed by atoms with Crippen LogP contribution >= 0.6 is 0 Å². The van der Waals surface area contributed by atoms with Crippen LogP contribution in [0.3, 0.4) is 0 Å². The topological polar surface area (TPSA) is 29.1 Å². The van der Waals surface area contributed by atoms with Crippen LogP contribution in [-0.2, 0) is 11.2 Å². The second-order valence-electron chi connectivity index (χ2n) is 5.34. The summed E-state index contributed by atoms with van der Waals surface area (Å²) in [5, 5.41) is 2.93. The molecule has 16 heavy (non-hydrogen) atoms. The number of hydrogen-bond donors (Lipinski definition) is 1. The summed E-state index contributed by atoms with van der Waals surface area (Å²) in [6, 6.07) is 8.01. The third kappa shape index (κ3) is 4.47. The van der Waals surface area contributed by atoms with Gasteiger partial charge in [-0.1, -0.05) is 39.8 Å². The van der Waals surface area contributed by atoms with Gasteiger partial charge in [0.1, 0.15) is 0 Å². The maximum absolute atomic E-state index is 11.7. The lowest BCUT2D eigenvalue weighted by Crippen LogP contribution is -2.19. The molecule has 0 heterocycles. The molecule has 0 aliphatic heterocycles. The predicted octanol–water partition coefficient (Wildman–Crippen LogP) is 3.62. The Labute approximate surface area is 98.1 Å². The van der Waals surface area contributed by atoms with E-state index in [2.05, 4.69) is 39.1 Å². The van der Waals surface area contributed by atoms with Crippen molar-refractivity contribution in [1.82, 2.24) is 0 Å². The molecule has 0 atom stereocenters. The summed E-state index contributed by atoms with van der Waals surface area (Å²) >= 11 is 0. The fourth-order valence-electron chi connectivity index (χ4n) is 1.56. The largest absolute Gasteiger partial charge is 0.326 e. The van der Waals surface area contributed by atoms with Gasteiger partial charge in [-0.3, -0.25) is 4.79 Å². The summed E-state index contributed by atoms with van der Waals surface area (Å²) in [5.74, 6) is 0.0840. The molecule has 0 saturated carbocycles. The zero-order valence-electron chi connectivity index (χ0n) is 10.6. The van der Waals surface area contributed by atoms with Crippen molar-refractivity contribution in [2.45, 2.75) is 40.5 Å². The predicted molar refractivity (Wildman–Crippen MR) is 68.5 cm³/mol. The van der Waals surface area contributed by atoms with Crippen molar-refractivity contribution in [3.05, 3.63) is 29.8 Å². The Morgan fingerprint density at radius 1 is 1.31 bits per heavy atom. The van der Waals surface area contributed by atoms with E-state index in [9.17, 15) is 4.79 Å². The molecule has 0 radical (unpaired) electrons. The van der Waals surface area contributed by atoms with Gasteiger partial charge in [0.25, 0.3) is 0 Å². The lowest BCUT2D eigenvalue weighted by atomic mass is 9.92. The summed E-state index contributed by atoms with van der Waals surface area (Å²) < 4.78 is 0. The molecule has 1 rings (SSSR count). The second-order valence-corrected chi connectivity index (χ2v) is 5.34. The van der Waals surface area contributed by atoms with Gasteiger partial charge in [-0.05, 0) is 29.5 Å². The van der Waals surface area contributed by atoms with Crippen LogP contribution in [0.15, 0.2) is 24.3 Å². The molecule has 1 aromatic carbocycles. The molecule has 0 fully saturated rings. The number of rotatable bonds is 3. The Hall–Kier alpha value is -1.31. The van der Waals surface area contributed by atoms with E-state index in [0.717, 1.165) is 12.1 Å². The minimum atomic E-state index is 0.0342. The maximum atomic E-state index is 11.7. The van der Waals surface area contributed by atoms with Gasteiger partial charge in [0.05, 0.1) is 0 Å². The first-order valence-electron chi connectivity index (χ1n) is 5.79. The standard InChI is InChI=1S/C14H21NO/c1-5-11-7-6-8-12(9-11)15-13(16)10-14(2,3)4/h6-9H,5,10H2,1-4H3,(H,15,16). The molecular formula is C14H21NO. The number of carbonyl (C=O) groups is 1. The quantitative estimate of drug-likeness (QED) is 0.826. The minimum Gasteiger partial charge on any atom is -0.326 e. The molecule has 2 nitrogen and oxygen atoms in total. The average molecular weight is 219 g/mol. The molecular weight excluding hydrogens is 198 g/mol. The Morgan fingerprint density at radius 3 is 2.56 bits per heavy atom. The van der Waals surface area contributed by atoms with Crippen molar-refractivity contribution in [3.63, 3.8) is 0 Å². The molecule has 0 aliphatic carbocycles. The van der Waals surface area contributed by atoms with Gasteiger partial charge in [-0.2, -0.15) is 0 Å². The molecule has 0 aliphatic rings. The van der Waals surface area contributed by atoms with Crippen molar-refractivity contribution in [1.29, 1.82) is 0 Å². The highest BCUT2D eigenvalue weighted by Gasteiger charge is 2.15. The Morgan fingerprint density at radius 2 is 2.00 bits per heavy atom. The second kappa shape index (κ2) is 5.15. The zero-order valence-corrected chi connectivity index (χ0v) is 10.6. The summed E-state index contributed by atoms with van der Waals surface area (Å²) in [6.45, 7) is 8.30. The molecule has 0 bridgehead atoms. The van der Waals surface area contributed by atoms with Crippen LogP contribution in [0.4, 0.5) is 5.69 Å². The Kier molecular flexibility index (Phi) is 4.11. The van der Waals surface area contributed by atoms with E-state index < -0.39 is 0 Å². The van der Waals surface area contributed by atoms with Crippen LogP contribution in [0, 0.1) is 5.41 Å². The smallest absolute Gasteiger partial charge is 0.224 e. The third-order valence-corrected chi connectivity index (χ3v) is 2.31. The lowest BCUT2D eigenvalue weighted by Gasteiger charge is -2.17. The van der Waals surface area contributed by atoms with Gasteiger partial charge in [-0.25, -0.2) is 0 Å². The average Bonchev–Trinajstić information content (AvgIpc) is 2.15. The van der Waals surface area contributed by atoms with Crippen molar-refractivity contribution < 1.29 is 4.79 Å². The summed E-state index contributed by atoms with van der Waals surface area (Å²) in [7, 11) is 0. The van der Waals surface area contributed by atoms with Crippen LogP contribution in [0.5, 0.6) is 0 Å². The van der Waals surface area contributed by atoms with Crippen LogP contribution in [0.25, 0.3) is 0 Å². The van der Waals surface area contributed by atoms with Gasteiger partial charge in [0, 0.05) is 12.1 Å². The first-order valence-corrected chi connectivity index (χ1v) is 5.79. The Bertz CT molecular complexity index is 363. The molecule has 1 N–H and O–H groups in total. The van der Waals surface area contributed by atoms with E-state index in [1.54, 1.807) is 0 Å². The number of aryl methyl sites for hydroxylation is 1. The fourth-order valence-corrected chi connectivity index (χ4v) is 1.56. The number of hydrogen-bond acceptors (Lipinski definition) is 1. The molecule has 0 saturated heterocycles. The number of amides is 1. The summed E-state index contributed by atoms with van der Waals surface area (Å²) in [5.41, 5.74) is 2.18. The molecule has 88 valence electrons. The molecule has 0 spiro atoms. The first-order chi connectivity index (χ1) is 7.40. The van der Waals surface area contributed by atoms with E-state index in [4.69, 9.17) is 0 Å². The molecule has 0 aromatic heterocycles. The number of carbonyl (C=O) groups excluding carboxylic acids is 1. The lowest BCUT2D eigenvalue weighted by molar-refractivity contribution is -0.117. The summed E-state index contributed by atoms with van der Waals surface area (Å²) in [6.07, 6.45) is 1.53. The van der Waals surface area contributed by atoms with Gasteiger partial charge in [0.2, 0.25) is 5.91 Å². The molecule has 1 aromatic rings. The zero-order chi connectivity index (χ0) is 12.2. The highest BCUT2D eigenvalue weighted by atomic mass is 16.1. The van der Waals surface area contributed by atoms with Crippen LogP contribution in [-0.4, -0.2) is 5.91 Å². The molecule has 2 heteroatoms. The van der Waals surface area contributed by atoms with E-state index in [0.29, 0.717) is 6.42 Å². The number of benzene rings is 1. The van der Waals surface area contributed by atoms with E-state index in [1.807, 2.05) is 18.2 Å². The minimum absolute atomic E-state index is 0.0342. The van der Waals surface area contributed by atoms with Gasteiger partial charge < -0.3 is 5.32 Å². The van der Waals surface area contributed by atoms with Gasteiger partial charge in [0.15, 0.2) is 0 Å². The first kappa shape index (κ1) is 12.8. The Balaban J connectivity index is 2.62. The monoisotopic (exact) mass is 219 g/mol. The van der Waals surface area contributed by atoms with Gasteiger partial charge >= 0.3 is 0 Å². The van der Waals surface area contributed by atoms with Crippen molar-refractivity contribution in [2.75, 3.05) is 5.32 Å². The van der Waals surface area contributed by atoms with Crippen LogP contribution < -0.4 is 5.32 Å². The maximum Gasteiger partial charge on any atom is 0.224 e. The van der Waals surface area contributed by atoms with E-state index in [1.165, 1.54) is 5.56 Å². The van der Waals surface area contributed by atoms with Crippen LogP contribution in [0.1, 0.15) is 39.7 Å². The van der Waals surface area contributed by atoms with Crippen molar-refractivity contribution >= 4 is 11.6 Å². The molecule has 0 unspecified atom stereocenters. The van der Waals surface area contributed by atoms with Gasteiger partial charge in [-0.15, -0.1) is 0 Å². The highest BCUT2D eigenvalue weighted by Crippen LogP contribution is 2.20. The highest BCUT2D eigenvalue weighted by molar-refractivity contribution is 5.91. The molecule has 1 amide bonds. The van der Waals surface area contributed by atoms with E-state index in [-0.39, 0.29) is 11.3 Å². The summed E-state index contributed by atoms with van der Waals surface area (Å²) in [4.78, 5) is 11.7. The van der Waals surface area contributed by atoms with E-state index >= 15 is 0 Å². The van der Waals surface area contributed by atoms with Crippen molar-refractivity contribution in [2.24, 2.45) is 5.41 Å². The van der Waals surface area contributed by atoms with Crippen molar-refractivity contribution in [3.8, 4) is 0 Å². The van der Waals surface area contributed by atoms with Crippen LogP contribution in [0.2, 0.25) is 0 Å². The fraction of sp³-hybridized carbons (Fsp3) is 0.500. The normalized spacial score (nSPS) is 11.2. The number of anilines is 1.